The van der Waals surface area contributed by atoms with Crippen molar-refractivity contribution in [3.63, 3.8) is 0 Å². The molecule has 2 rings (SSSR count). The van der Waals surface area contributed by atoms with Crippen molar-refractivity contribution in [3.05, 3.63) is 17.5 Å². The molecule has 0 radical (unpaired) electrons. The van der Waals surface area contributed by atoms with Crippen LogP contribution in [-0.4, -0.2) is 38.3 Å². The first-order chi connectivity index (χ1) is 9.43. The van der Waals surface area contributed by atoms with Crippen LogP contribution >= 0.6 is 0 Å². The number of aliphatic carboxylic acids is 1. The zero-order valence-corrected chi connectivity index (χ0v) is 12.7. The summed E-state index contributed by atoms with van der Waals surface area (Å²) in [6.07, 6.45) is 5.67. The number of hydrogen-bond acceptors (Lipinski definition) is 3. The van der Waals surface area contributed by atoms with Gasteiger partial charge in [0.05, 0.1) is 17.8 Å². The first-order valence-electron chi connectivity index (χ1n) is 7.35. The van der Waals surface area contributed by atoms with E-state index in [4.69, 9.17) is 0 Å². The van der Waals surface area contributed by atoms with Crippen LogP contribution in [0.4, 0.5) is 0 Å². The molecule has 1 aliphatic carbocycles. The number of rotatable bonds is 5. The maximum absolute atomic E-state index is 11.3. The van der Waals surface area contributed by atoms with Crippen LogP contribution in [0.25, 0.3) is 0 Å². The molecular weight excluding hydrogens is 254 g/mol. The molecule has 1 N–H and O–H groups in total. The van der Waals surface area contributed by atoms with Crippen LogP contribution in [0.15, 0.2) is 6.07 Å². The number of hydrogen-bond donors (Lipinski definition) is 1. The van der Waals surface area contributed by atoms with Gasteiger partial charge < -0.3 is 5.11 Å². The summed E-state index contributed by atoms with van der Waals surface area (Å²) in [4.78, 5) is 13.5. The summed E-state index contributed by atoms with van der Waals surface area (Å²) in [5.41, 5.74) is 1.95. The van der Waals surface area contributed by atoms with E-state index in [1.165, 1.54) is 6.42 Å². The van der Waals surface area contributed by atoms with Gasteiger partial charge in [-0.25, -0.2) is 0 Å². The highest BCUT2D eigenvalue weighted by atomic mass is 16.4. The van der Waals surface area contributed by atoms with E-state index in [9.17, 15) is 9.90 Å². The molecule has 0 aliphatic heterocycles. The molecule has 1 saturated carbocycles. The average Bonchev–Trinajstić information content (AvgIpc) is 2.68. The topological polar surface area (TPSA) is 58.4 Å². The summed E-state index contributed by atoms with van der Waals surface area (Å²) in [6, 6.07) is 2.08. The molecule has 0 saturated heterocycles. The van der Waals surface area contributed by atoms with Crippen molar-refractivity contribution in [3.8, 4) is 0 Å². The standard InChI is InChI=1S/C15H25N3O2/c1-12-9-13(18(3)16-12)11-17(2)15(10-14(19)20)7-5-4-6-8-15/h9H,4-8,10-11H2,1-3H3,(H,19,20). The molecule has 1 aliphatic rings. The zero-order chi connectivity index (χ0) is 14.8. The van der Waals surface area contributed by atoms with Crippen LogP contribution in [0, 0.1) is 6.92 Å². The number of aryl methyl sites for hydroxylation is 2. The Hall–Kier alpha value is -1.36. The molecule has 1 heterocycles. The minimum Gasteiger partial charge on any atom is -0.481 e. The van der Waals surface area contributed by atoms with Crippen LogP contribution in [-0.2, 0) is 18.4 Å². The fourth-order valence-corrected chi connectivity index (χ4v) is 3.41. The Labute approximate surface area is 120 Å². The number of aromatic nitrogens is 2. The summed E-state index contributed by atoms with van der Waals surface area (Å²) in [6.45, 7) is 2.74. The van der Waals surface area contributed by atoms with Gasteiger partial charge in [-0.3, -0.25) is 14.4 Å². The summed E-state index contributed by atoms with van der Waals surface area (Å²) in [7, 11) is 4.00. The van der Waals surface area contributed by atoms with E-state index in [2.05, 4.69) is 23.1 Å². The van der Waals surface area contributed by atoms with Crippen molar-refractivity contribution in [2.24, 2.45) is 7.05 Å². The van der Waals surface area contributed by atoms with E-state index in [-0.39, 0.29) is 12.0 Å². The van der Waals surface area contributed by atoms with Gasteiger partial charge in [0, 0.05) is 19.1 Å². The third kappa shape index (κ3) is 3.20. The van der Waals surface area contributed by atoms with Crippen LogP contribution in [0.2, 0.25) is 0 Å². The molecule has 1 aromatic rings. The maximum Gasteiger partial charge on any atom is 0.305 e. The number of nitrogens with zero attached hydrogens (tertiary/aromatic N) is 3. The smallest absolute Gasteiger partial charge is 0.305 e. The van der Waals surface area contributed by atoms with E-state index in [1.807, 2.05) is 18.7 Å². The molecule has 0 bridgehead atoms. The molecular formula is C15H25N3O2. The molecule has 5 nitrogen and oxygen atoms in total. The molecule has 0 atom stereocenters. The molecule has 1 fully saturated rings. The summed E-state index contributed by atoms with van der Waals surface area (Å²) in [5, 5.41) is 13.6. The van der Waals surface area contributed by atoms with Crippen LogP contribution in [0.3, 0.4) is 0 Å². The highest BCUT2D eigenvalue weighted by Crippen LogP contribution is 2.36. The van der Waals surface area contributed by atoms with E-state index in [0.29, 0.717) is 0 Å². The SMILES string of the molecule is Cc1cc(CN(C)C2(CC(=O)O)CCCCC2)n(C)n1. The van der Waals surface area contributed by atoms with E-state index in [1.54, 1.807) is 0 Å². The Morgan fingerprint density at radius 1 is 1.45 bits per heavy atom. The molecule has 0 aromatic carbocycles. The van der Waals surface area contributed by atoms with Gasteiger partial charge in [0.1, 0.15) is 0 Å². The van der Waals surface area contributed by atoms with Gasteiger partial charge in [-0.15, -0.1) is 0 Å². The van der Waals surface area contributed by atoms with Gasteiger partial charge in [-0.05, 0) is 32.9 Å². The second kappa shape index (κ2) is 5.95. The summed E-state index contributed by atoms with van der Waals surface area (Å²) in [5.74, 6) is -0.695. The predicted octanol–water partition coefficient (Wildman–Crippen LogP) is 2.34. The lowest BCUT2D eigenvalue weighted by Crippen LogP contribution is -2.49. The monoisotopic (exact) mass is 279 g/mol. The first-order valence-corrected chi connectivity index (χ1v) is 7.35. The van der Waals surface area contributed by atoms with Crippen molar-refractivity contribution in [1.82, 2.24) is 14.7 Å². The van der Waals surface area contributed by atoms with Crippen molar-refractivity contribution in [2.75, 3.05) is 7.05 Å². The Bertz CT molecular complexity index is 475. The molecule has 0 unspecified atom stereocenters. The molecule has 20 heavy (non-hydrogen) atoms. The van der Waals surface area contributed by atoms with E-state index in [0.717, 1.165) is 43.6 Å². The highest BCUT2D eigenvalue weighted by molar-refractivity contribution is 5.68. The van der Waals surface area contributed by atoms with E-state index >= 15 is 0 Å². The zero-order valence-electron chi connectivity index (χ0n) is 12.7. The van der Waals surface area contributed by atoms with Crippen molar-refractivity contribution in [2.45, 2.75) is 57.5 Å². The maximum atomic E-state index is 11.3. The average molecular weight is 279 g/mol. The van der Waals surface area contributed by atoms with Gasteiger partial charge in [0.2, 0.25) is 0 Å². The van der Waals surface area contributed by atoms with Gasteiger partial charge in [-0.2, -0.15) is 5.10 Å². The molecule has 5 heteroatoms. The second-order valence-corrected chi connectivity index (χ2v) is 6.11. The lowest BCUT2D eigenvalue weighted by molar-refractivity contribution is -0.141. The van der Waals surface area contributed by atoms with Gasteiger partial charge in [0.15, 0.2) is 0 Å². The Balaban J connectivity index is 2.15. The fraction of sp³-hybridized carbons (Fsp3) is 0.733. The number of carboxylic acids is 1. The summed E-state index contributed by atoms with van der Waals surface area (Å²) >= 11 is 0. The highest BCUT2D eigenvalue weighted by Gasteiger charge is 2.38. The first kappa shape index (κ1) is 15.0. The van der Waals surface area contributed by atoms with Crippen molar-refractivity contribution in [1.29, 1.82) is 0 Å². The minimum atomic E-state index is -0.695. The second-order valence-electron chi connectivity index (χ2n) is 6.11. The largest absolute Gasteiger partial charge is 0.481 e. The third-order valence-corrected chi connectivity index (χ3v) is 4.57. The Morgan fingerprint density at radius 2 is 2.10 bits per heavy atom. The van der Waals surface area contributed by atoms with Crippen molar-refractivity contribution < 1.29 is 9.90 Å². The lowest BCUT2D eigenvalue weighted by atomic mass is 9.78. The normalized spacial score (nSPS) is 18.4. The Kier molecular flexibility index (Phi) is 4.48. The molecule has 1 aromatic heterocycles. The number of carbonyl (C=O) groups is 1. The van der Waals surface area contributed by atoms with Gasteiger partial charge >= 0.3 is 5.97 Å². The number of carboxylic acid groups (broad SMARTS) is 1. The lowest BCUT2D eigenvalue weighted by Gasteiger charge is -2.44. The minimum absolute atomic E-state index is 0.192. The quantitative estimate of drug-likeness (QED) is 0.898. The van der Waals surface area contributed by atoms with Gasteiger partial charge in [0.25, 0.3) is 0 Å². The van der Waals surface area contributed by atoms with Crippen LogP contribution in [0.5, 0.6) is 0 Å². The predicted molar refractivity (Wildman–Crippen MR) is 77.5 cm³/mol. The van der Waals surface area contributed by atoms with Crippen LogP contribution < -0.4 is 0 Å². The molecule has 0 spiro atoms. The molecule has 0 amide bonds. The summed E-state index contributed by atoms with van der Waals surface area (Å²) < 4.78 is 1.89. The molecule has 112 valence electrons. The van der Waals surface area contributed by atoms with Gasteiger partial charge in [-0.1, -0.05) is 19.3 Å². The van der Waals surface area contributed by atoms with Crippen LogP contribution in [0.1, 0.15) is 49.9 Å². The fourth-order valence-electron chi connectivity index (χ4n) is 3.41. The van der Waals surface area contributed by atoms with Crippen molar-refractivity contribution >= 4 is 5.97 Å². The Morgan fingerprint density at radius 3 is 2.60 bits per heavy atom. The third-order valence-electron chi connectivity index (χ3n) is 4.57. The van der Waals surface area contributed by atoms with E-state index < -0.39 is 5.97 Å².